The first kappa shape index (κ1) is 28.4. The molecule has 38 heavy (non-hydrogen) atoms. The fourth-order valence-electron chi connectivity index (χ4n) is 6.06. The molecule has 206 valence electrons. The molecule has 4 nitrogen and oxygen atoms in total. The van der Waals surface area contributed by atoms with Crippen LogP contribution >= 0.6 is 0 Å². The van der Waals surface area contributed by atoms with Crippen LogP contribution in [0.3, 0.4) is 0 Å². The van der Waals surface area contributed by atoms with Crippen molar-refractivity contribution in [3.8, 4) is 0 Å². The predicted molar refractivity (Wildman–Crippen MR) is 165 cm³/mol. The topological polar surface area (TPSA) is 31.2 Å². The van der Waals surface area contributed by atoms with Crippen LogP contribution in [-0.4, -0.2) is 25.5 Å². The number of hydrogen-bond acceptors (Lipinski definition) is 4. The zero-order chi connectivity index (χ0) is 26.4. The van der Waals surface area contributed by atoms with Crippen LogP contribution in [0, 0.1) is 23.7 Å². The Bertz CT molecular complexity index is 877. The molecule has 4 atom stereocenters. The molecule has 2 aromatic carbocycles. The molecule has 0 radical (unpaired) electrons. The third-order valence-electron chi connectivity index (χ3n) is 8.75. The highest BCUT2D eigenvalue weighted by Gasteiger charge is 2.22. The van der Waals surface area contributed by atoms with Gasteiger partial charge in [-0.2, -0.15) is 10.2 Å². The molecule has 0 aliphatic heterocycles. The maximum atomic E-state index is 4.96. The van der Waals surface area contributed by atoms with Gasteiger partial charge in [-0.25, -0.2) is 0 Å². The van der Waals surface area contributed by atoms with Gasteiger partial charge < -0.3 is 0 Å². The van der Waals surface area contributed by atoms with Gasteiger partial charge in [-0.3, -0.25) is 10.0 Å². The highest BCUT2D eigenvalue weighted by Crippen LogP contribution is 2.31. The molecule has 0 amide bonds. The Morgan fingerprint density at radius 3 is 1.34 bits per heavy atom. The van der Waals surface area contributed by atoms with Crippen molar-refractivity contribution < 1.29 is 0 Å². The monoisotopic (exact) mass is 514 g/mol. The van der Waals surface area contributed by atoms with Crippen LogP contribution < -0.4 is 10.0 Å². The molecule has 2 fully saturated rings. The first-order chi connectivity index (χ1) is 18.7. The summed E-state index contributed by atoms with van der Waals surface area (Å²) in [5.41, 5.74) is 2.42. The number of benzene rings is 2. The predicted octanol–water partition coefficient (Wildman–Crippen LogP) is 9.18. The SMILES string of the molecule is CC1CCCC1/C=N/N(CCCCCCCCN(/N=C/C1CCCC1C)c1ccccc1)c1ccccc1. The number of unbranched alkanes of at least 4 members (excludes halogenated alkanes) is 5. The standard InChI is InChI=1S/C34H50N4/c1-29-17-15-19-31(29)27-35-37(33-21-9-7-10-22-33)25-13-5-3-4-6-14-26-38(34-23-11-8-12-24-34)36-28-32-20-16-18-30(32)2/h7-12,21-24,27-32H,3-6,13-20,25-26H2,1-2H3/b35-27+,36-28+. The van der Waals surface area contributed by atoms with E-state index in [1.54, 1.807) is 0 Å². The largest absolute Gasteiger partial charge is 0.266 e. The summed E-state index contributed by atoms with van der Waals surface area (Å²) in [7, 11) is 0. The smallest absolute Gasteiger partial charge is 0.0593 e. The maximum absolute atomic E-state index is 4.96. The van der Waals surface area contributed by atoms with Gasteiger partial charge in [0.15, 0.2) is 0 Å². The zero-order valence-electron chi connectivity index (χ0n) is 23.9. The average Bonchev–Trinajstić information content (AvgIpc) is 3.56. The van der Waals surface area contributed by atoms with E-state index in [9.17, 15) is 0 Å². The van der Waals surface area contributed by atoms with Gasteiger partial charge in [0.25, 0.3) is 0 Å². The number of para-hydroxylation sites is 2. The number of nitrogens with zero attached hydrogens (tertiary/aromatic N) is 4. The Morgan fingerprint density at radius 1 is 0.579 bits per heavy atom. The van der Waals surface area contributed by atoms with E-state index >= 15 is 0 Å². The third kappa shape index (κ3) is 8.99. The average molecular weight is 515 g/mol. The van der Waals surface area contributed by atoms with Gasteiger partial charge in [0.2, 0.25) is 0 Å². The minimum Gasteiger partial charge on any atom is -0.266 e. The van der Waals surface area contributed by atoms with Crippen molar-refractivity contribution in [3.63, 3.8) is 0 Å². The Morgan fingerprint density at radius 2 is 0.974 bits per heavy atom. The first-order valence-corrected chi connectivity index (χ1v) is 15.4. The maximum Gasteiger partial charge on any atom is 0.0593 e. The fourth-order valence-corrected chi connectivity index (χ4v) is 6.06. The molecule has 0 aromatic heterocycles. The fraction of sp³-hybridized carbons (Fsp3) is 0.588. The van der Waals surface area contributed by atoms with Gasteiger partial charge in [0.1, 0.15) is 0 Å². The molecule has 0 heterocycles. The van der Waals surface area contributed by atoms with E-state index in [2.05, 4.69) is 97.0 Å². The quantitative estimate of drug-likeness (QED) is 0.135. The van der Waals surface area contributed by atoms with E-state index in [0.29, 0.717) is 11.8 Å². The third-order valence-corrected chi connectivity index (χ3v) is 8.75. The van der Waals surface area contributed by atoms with Gasteiger partial charge in [0.05, 0.1) is 11.4 Å². The summed E-state index contributed by atoms with van der Waals surface area (Å²) in [6.45, 7) is 6.74. The minimum atomic E-state index is 0.641. The lowest BCUT2D eigenvalue weighted by molar-refractivity contribution is 0.535. The number of hydrogen-bond donors (Lipinski definition) is 0. The summed E-state index contributed by atoms with van der Waals surface area (Å²) < 4.78 is 0. The van der Waals surface area contributed by atoms with Crippen LogP contribution in [0.15, 0.2) is 70.9 Å². The Balaban J connectivity index is 1.17. The van der Waals surface area contributed by atoms with E-state index in [-0.39, 0.29) is 0 Å². The van der Waals surface area contributed by atoms with E-state index in [1.165, 1.54) is 88.4 Å². The molecule has 2 aromatic rings. The Labute approximate surface area is 232 Å². The molecular weight excluding hydrogens is 464 g/mol. The molecule has 2 aliphatic rings. The van der Waals surface area contributed by atoms with Gasteiger partial charge in [-0.15, -0.1) is 0 Å². The summed E-state index contributed by atoms with van der Waals surface area (Å²) in [4.78, 5) is 0. The van der Waals surface area contributed by atoms with Crippen LogP contribution in [-0.2, 0) is 0 Å². The van der Waals surface area contributed by atoms with Crippen molar-refractivity contribution in [1.29, 1.82) is 0 Å². The molecule has 0 N–H and O–H groups in total. The lowest BCUT2D eigenvalue weighted by atomic mass is 10.00. The second-order valence-electron chi connectivity index (χ2n) is 11.7. The summed E-state index contributed by atoms with van der Waals surface area (Å²) in [6, 6.07) is 21.4. The van der Waals surface area contributed by atoms with E-state index < -0.39 is 0 Å². The van der Waals surface area contributed by atoms with Crippen LogP contribution in [0.4, 0.5) is 11.4 Å². The van der Waals surface area contributed by atoms with Crippen molar-refractivity contribution in [3.05, 3.63) is 60.7 Å². The summed E-state index contributed by atoms with van der Waals surface area (Å²) in [5, 5.41) is 14.4. The molecule has 2 saturated carbocycles. The molecule has 2 aliphatic carbocycles. The van der Waals surface area contributed by atoms with Crippen molar-refractivity contribution >= 4 is 23.8 Å². The van der Waals surface area contributed by atoms with E-state index in [1.807, 2.05) is 0 Å². The minimum absolute atomic E-state index is 0.641. The molecular formula is C34H50N4. The number of anilines is 2. The van der Waals surface area contributed by atoms with Crippen molar-refractivity contribution in [2.24, 2.45) is 33.9 Å². The Kier molecular flexibility index (Phi) is 11.7. The van der Waals surface area contributed by atoms with Crippen LogP contribution in [0.25, 0.3) is 0 Å². The summed E-state index contributed by atoms with van der Waals surface area (Å²) >= 11 is 0. The van der Waals surface area contributed by atoms with Crippen LogP contribution in [0.2, 0.25) is 0 Å². The first-order valence-electron chi connectivity index (χ1n) is 15.4. The summed E-state index contributed by atoms with van der Waals surface area (Å²) in [6.07, 6.45) is 19.9. The summed E-state index contributed by atoms with van der Waals surface area (Å²) in [5.74, 6) is 2.82. The lowest BCUT2D eigenvalue weighted by Gasteiger charge is -2.21. The molecule has 4 rings (SSSR count). The molecule has 0 saturated heterocycles. The molecule has 4 heteroatoms. The highest BCUT2D eigenvalue weighted by molar-refractivity contribution is 5.64. The molecule has 0 spiro atoms. The van der Waals surface area contributed by atoms with Crippen LogP contribution in [0.1, 0.15) is 90.9 Å². The second kappa shape index (κ2) is 15.7. The lowest BCUT2D eigenvalue weighted by Crippen LogP contribution is -2.20. The van der Waals surface area contributed by atoms with Gasteiger partial charge in [0, 0.05) is 25.5 Å². The Hall–Kier alpha value is -2.62. The van der Waals surface area contributed by atoms with Crippen molar-refractivity contribution in [2.45, 2.75) is 90.9 Å². The van der Waals surface area contributed by atoms with Gasteiger partial charge in [-0.1, -0.05) is 102 Å². The number of rotatable bonds is 15. The highest BCUT2D eigenvalue weighted by atomic mass is 15.5. The molecule has 4 unspecified atom stereocenters. The zero-order valence-corrected chi connectivity index (χ0v) is 23.9. The number of hydrazone groups is 2. The van der Waals surface area contributed by atoms with E-state index in [4.69, 9.17) is 10.2 Å². The van der Waals surface area contributed by atoms with Gasteiger partial charge >= 0.3 is 0 Å². The second-order valence-corrected chi connectivity index (χ2v) is 11.7. The van der Waals surface area contributed by atoms with E-state index in [0.717, 1.165) is 24.9 Å². The van der Waals surface area contributed by atoms with Crippen molar-refractivity contribution in [1.82, 2.24) is 0 Å². The van der Waals surface area contributed by atoms with Crippen molar-refractivity contribution in [2.75, 3.05) is 23.1 Å². The van der Waals surface area contributed by atoms with Gasteiger partial charge in [-0.05, 0) is 73.6 Å². The normalized spacial score (nSPS) is 23.5. The molecule has 0 bridgehead atoms. The van der Waals surface area contributed by atoms with Crippen LogP contribution in [0.5, 0.6) is 0 Å².